The number of nitrogens with two attached hydrogens (primary N) is 1. The Labute approximate surface area is 143 Å². The van der Waals surface area contributed by atoms with Crippen LogP contribution < -0.4 is 15.4 Å². The summed E-state index contributed by atoms with van der Waals surface area (Å²) in [5.41, 5.74) is 5.77. The Morgan fingerprint density at radius 3 is 2.79 bits per heavy atom. The van der Waals surface area contributed by atoms with Crippen molar-refractivity contribution in [3.63, 3.8) is 0 Å². The Bertz CT molecular complexity index is 574. The fourth-order valence-corrected chi connectivity index (χ4v) is 3.78. The molecule has 2 aliphatic heterocycles. The molecule has 0 saturated carbocycles. The number of hydrogen-bond acceptors (Lipinski definition) is 6. The van der Waals surface area contributed by atoms with Crippen LogP contribution in [0.15, 0.2) is 12.3 Å². The van der Waals surface area contributed by atoms with Gasteiger partial charge in [0.05, 0.1) is 7.11 Å². The van der Waals surface area contributed by atoms with Crippen LogP contribution in [0.5, 0.6) is 5.88 Å². The van der Waals surface area contributed by atoms with E-state index in [-0.39, 0.29) is 5.92 Å². The highest BCUT2D eigenvalue weighted by Gasteiger charge is 2.36. The highest BCUT2D eigenvalue weighted by atomic mass is 16.5. The first kappa shape index (κ1) is 17.0. The second-order valence-corrected chi connectivity index (χ2v) is 6.84. The Morgan fingerprint density at radius 2 is 2.17 bits per heavy atom. The maximum Gasteiger partial charge on any atom is 0.228 e. The highest BCUT2D eigenvalue weighted by molar-refractivity contribution is 5.79. The molecule has 1 aromatic rings. The van der Waals surface area contributed by atoms with Gasteiger partial charge in [-0.15, -0.1) is 0 Å². The Kier molecular flexibility index (Phi) is 5.18. The van der Waals surface area contributed by atoms with Gasteiger partial charge in [0.1, 0.15) is 0 Å². The molecule has 7 heteroatoms. The normalized spacial score (nSPS) is 25.1. The molecule has 1 amide bonds. The zero-order chi connectivity index (χ0) is 17.1. The topological polar surface area (TPSA) is 84.6 Å². The summed E-state index contributed by atoms with van der Waals surface area (Å²) in [6.07, 6.45) is 4.42. The van der Waals surface area contributed by atoms with E-state index in [0.717, 1.165) is 38.9 Å². The molecule has 1 aromatic heterocycles. The van der Waals surface area contributed by atoms with Gasteiger partial charge < -0.3 is 20.3 Å². The average molecular weight is 333 g/mol. The molecule has 132 valence electrons. The molecule has 0 spiro atoms. The van der Waals surface area contributed by atoms with E-state index in [9.17, 15) is 4.79 Å². The van der Waals surface area contributed by atoms with Crippen LogP contribution in [-0.2, 0) is 4.79 Å². The minimum Gasteiger partial charge on any atom is -0.481 e. The molecule has 0 aromatic carbocycles. The van der Waals surface area contributed by atoms with Crippen molar-refractivity contribution in [2.24, 2.45) is 17.6 Å². The number of piperidine rings is 1. The predicted molar refractivity (Wildman–Crippen MR) is 91.9 cm³/mol. The summed E-state index contributed by atoms with van der Waals surface area (Å²) in [4.78, 5) is 25.7. The van der Waals surface area contributed by atoms with Crippen molar-refractivity contribution < 1.29 is 9.53 Å². The number of ether oxygens (including phenoxy) is 1. The van der Waals surface area contributed by atoms with Crippen molar-refractivity contribution in [3.05, 3.63) is 12.3 Å². The summed E-state index contributed by atoms with van der Waals surface area (Å²) in [7, 11) is 1.60. The van der Waals surface area contributed by atoms with Gasteiger partial charge in [-0.05, 0) is 38.6 Å². The lowest BCUT2D eigenvalue weighted by Gasteiger charge is -2.34. The first-order chi connectivity index (χ1) is 11.6. The molecule has 2 fully saturated rings. The van der Waals surface area contributed by atoms with E-state index in [2.05, 4.69) is 21.8 Å². The highest BCUT2D eigenvalue weighted by Crippen LogP contribution is 2.28. The molecule has 2 unspecified atom stereocenters. The Balaban J connectivity index is 1.57. The third-order valence-corrected chi connectivity index (χ3v) is 5.23. The predicted octanol–water partition coefficient (Wildman–Crippen LogP) is 0.897. The number of methoxy groups -OCH3 is 1. The van der Waals surface area contributed by atoms with E-state index in [0.29, 0.717) is 36.2 Å². The quantitative estimate of drug-likeness (QED) is 0.881. The molecule has 2 saturated heterocycles. The lowest BCUT2D eigenvalue weighted by Crippen LogP contribution is -2.44. The van der Waals surface area contributed by atoms with Gasteiger partial charge in [-0.25, -0.2) is 4.98 Å². The summed E-state index contributed by atoms with van der Waals surface area (Å²) in [6, 6.07) is 2.05. The van der Waals surface area contributed by atoms with Crippen LogP contribution in [0.25, 0.3) is 0 Å². The van der Waals surface area contributed by atoms with Crippen LogP contribution in [0.2, 0.25) is 0 Å². The fourth-order valence-electron chi connectivity index (χ4n) is 3.78. The summed E-state index contributed by atoms with van der Waals surface area (Å²) in [5, 5.41) is 0. The minimum atomic E-state index is 0.103. The molecule has 2 atom stereocenters. The number of hydrogen-bond donors (Lipinski definition) is 1. The number of nitrogens with zero attached hydrogens (tertiary/aromatic N) is 4. The van der Waals surface area contributed by atoms with Crippen molar-refractivity contribution >= 4 is 11.9 Å². The molecule has 2 N–H and O–H groups in total. The van der Waals surface area contributed by atoms with E-state index >= 15 is 0 Å². The fraction of sp³-hybridized carbons (Fsp3) is 0.706. The van der Waals surface area contributed by atoms with Gasteiger partial charge >= 0.3 is 0 Å². The molecule has 2 aliphatic rings. The molecule has 0 radical (unpaired) electrons. The van der Waals surface area contributed by atoms with Gasteiger partial charge in [0.15, 0.2) is 0 Å². The Morgan fingerprint density at radius 1 is 1.42 bits per heavy atom. The largest absolute Gasteiger partial charge is 0.481 e. The maximum absolute atomic E-state index is 12.8. The number of rotatable bonds is 4. The zero-order valence-electron chi connectivity index (χ0n) is 14.5. The van der Waals surface area contributed by atoms with Gasteiger partial charge in [-0.2, -0.15) is 4.98 Å². The average Bonchev–Trinajstić information content (AvgIpc) is 3.02. The number of likely N-dealkylation sites (tertiary alicyclic amines) is 1. The second kappa shape index (κ2) is 7.34. The van der Waals surface area contributed by atoms with Crippen molar-refractivity contribution in [2.75, 3.05) is 38.2 Å². The number of aromatic nitrogens is 2. The molecule has 3 rings (SSSR count). The number of carbonyl (C=O) groups excluding carboxylic acids is 1. The first-order valence-electron chi connectivity index (χ1n) is 8.75. The van der Waals surface area contributed by atoms with E-state index in [1.165, 1.54) is 0 Å². The lowest BCUT2D eigenvalue weighted by molar-refractivity contribution is -0.136. The summed E-state index contributed by atoms with van der Waals surface area (Å²) < 4.78 is 5.16. The number of amides is 1. The summed E-state index contributed by atoms with van der Waals surface area (Å²) >= 11 is 0. The minimum absolute atomic E-state index is 0.103. The SMILES string of the molecule is COc1ccnc(N2CCC(C(=O)N3CC(CN)CC3C)CC2)n1. The van der Waals surface area contributed by atoms with E-state index in [1.54, 1.807) is 19.4 Å². The maximum atomic E-state index is 12.8. The van der Waals surface area contributed by atoms with Gasteiger partial charge in [0.25, 0.3) is 0 Å². The van der Waals surface area contributed by atoms with Gasteiger partial charge in [-0.3, -0.25) is 4.79 Å². The van der Waals surface area contributed by atoms with Crippen LogP contribution in [-0.4, -0.2) is 60.1 Å². The van der Waals surface area contributed by atoms with Crippen molar-refractivity contribution in [1.29, 1.82) is 0 Å². The number of carbonyl (C=O) groups is 1. The molecule has 7 nitrogen and oxygen atoms in total. The number of anilines is 1. The van der Waals surface area contributed by atoms with Crippen molar-refractivity contribution in [3.8, 4) is 5.88 Å². The molecule has 0 aliphatic carbocycles. The van der Waals surface area contributed by atoms with Gasteiger partial charge in [0.2, 0.25) is 17.7 Å². The van der Waals surface area contributed by atoms with Gasteiger partial charge in [0, 0.05) is 43.9 Å². The zero-order valence-corrected chi connectivity index (χ0v) is 14.5. The lowest BCUT2D eigenvalue weighted by atomic mass is 9.95. The smallest absolute Gasteiger partial charge is 0.228 e. The van der Waals surface area contributed by atoms with Crippen LogP contribution in [0.1, 0.15) is 26.2 Å². The van der Waals surface area contributed by atoms with E-state index in [1.807, 2.05) is 4.90 Å². The van der Waals surface area contributed by atoms with Crippen molar-refractivity contribution in [2.45, 2.75) is 32.2 Å². The van der Waals surface area contributed by atoms with Crippen LogP contribution in [0.3, 0.4) is 0 Å². The molecule has 24 heavy (non-hydrogen) atoms. The summed E-state index contributed by atoms with van der Waals surface area (Å²) in [5.74, 6) is 2.10. The molecule has 0 bridgehead atoms. The van der Waals surface area contributed by atoms with Crippen molar-refractivity contribution in [1.82, 2.24) is 14.9 Å². The van der Waals surface area contributed by atoms with Gasteiger partial charge in [-0.1, -0.05) is 0 Å². The van der Waals surface area contributed by atoms with Crippen LogP contribution in [0.4, 0.5) is 5.95 Å². The van der Waals surface area contributed by atoms with E-state index < -0.39 is 0 Å². The van der Waals surface area contributed by atoms with E-state index in [4.69, 9.17) is 10.5 Å². The molecular weight excluding hydrogens is 306 g/mol. The Hall–Kier alpha value is -1.89. The third kappa shape index (κ3) is 3.45. The monoisotopic (exact) mass is 333 g/mol. The van der Waals surface area contributed by atoms with Crippen LogP contribution in [0, 0.1) is 11.8 Å². The molecular formula is C17H27N5O2. The van der Waals surface area contributed by atoms with Crippen LogP contribution >= 0.6 is 0 Å². The molecule has 3 heterocycles. The summed E-state index contributed by atoms with van der Waals surface area (Å²) in [6.45, 7) is 5.21. The third-order valence-electron chi connectivity index (χ3n) is 5.23. The standard InChI is InChI=1S/C17H27N5O2/c1-12-9-13(10-18)11-22(12)16(23)14-4-7-21(8-5-14)17-19-6-3-15(20-17)24-2/h3,6,12-14H,4-5,7-11,18H2,1-2H3. The first-order valence-corrected chi connectivity index (χ1v) is 8.75. The second-order valence-electron chi connectivity index (χ2n) is 6.84.